The molecule has 1 rings (SSSR count). The first kappa shape index (κ1) is 9.85. The third-order valence-electron chi connectivity index (χ3n) is 1.62. The number of nitrogens with two attached hydrogens (primary N) is 1. The summed E-state index contributed by atoms with van der Waals surface area (Å²) in [4.78, 5) is 30.8. The van der Waals surface area contributed by atoms with E-state index in [0.717, 1.165) is 12.1 Å². The van der Waals surface area contributed by atoms with E-state index >= 15 is 0 Å². The van der Waals surface area contributed by atoms with E-state index in [1.54, 1.807) is 0 Å². The highest BCUT2D eigenvalue weighted by atomic mass is 16.6. The van der Waals surface area contributed by atoms with Crippen LogP contribution in [0.4, 0.5) is 11.4 Å². The van der Waals surface area contributed by atoms with Crippen LogP contribution in [0, 0.1) is 10.1 Å². The topological polar surface area (TPSA) is 103 Å². The average Bonchev–Trinajstić information content (AvgIpc) is 2.17. The SMILES string of the molecule is Nc1ccc([N+](=O)[O-])cc1C(=O)C=O. The molecule has 0 amide bonds. The number of hydrogen-bond donors (Lipinski definition) is 1. The Hall–Kier alpha value is -2.24. The highest BCUT2D eigenvalue weighted by Gasteiger charge is 2.14. The highest BCUT2D eigenvalue weighted by Crippen LogP contribution is 2.19. The Morgan fingerprint density at radius 3 is 2.64 bits per heavy atom. The Kier molecular flexibility index (Phi) is 2.57. The third kappa shape index (κ3) is 1.74. The monoisotopic (exact) mass is 194 g/mol. The van der Waals surface area contributed by atoms with Crippen molar-refractivity contribution < 1.29 is 14.5 Å². The highest BCUT2D eigenvalue weighted by molar-refractivity contribution is 6.34. The molecule has 0 aromatic heterocycles. The molecule has 6 nitrogen and oxygen atoms in total. The van der Waals surface area contributed by atoms with Gasteiger partial charge in [-0.05, 0) is 6.07 Å². The molecule has 14 heavy (non-hydrogen) atoms. The van der Waals surface area contributed by atoms with Gasteiger partial charge in [-0.2, -0.15) is 0 Å². The zero-order chi connectivity index (χ0) is 10.7. The molecular formula is C8H6N2O4. The second kappa shape index (κ2) is 3.65. The van der Waals surface area contributed by atoms with E-state index in [1.165, 1.54) is 6.07 Å². The molecule has 0 aliphatic heterocycles. The van der Waals surface area contributed by atoms with Crippen molar-refractivity contribution in [1.82, 2.24) is 0 Å². The van der Waals surface area contributed by atoms with Gasteiger partial charge in [0.05, 0.1) is 10.5 Å². The zero-order valence-electron chi connectivity index (χ0n) is 6.97. The number of ketones is 1. The van der Waals surface area contributed by atoms with Gasteiger partial charge < -0.3 is 5.73 Å². The molecule has 6 heteroatoms. The summed E-state index contributed by atoms with van der Waals surface area (Å²) >= 11 is 0. The molecule has 0 radical (unpaired) electrons. The largest absolute Gasteiger partial charge is 0.398 e. The van der Waals surface area contributed by atoms with E-state index in [0.29, 0.717) is 0 Å². The van der Waals surface area contributed by atoms with Crippen molar-refractivity contribution in [3.8, 4) is 0 Å². The second-order valence-corrected chi connectivity index (χ2v) is 2.51. The molecule has 0 saturated carbocycles. The maximum atomic E-state index is 10.9. The van der Waals surface area contributed by atoms with Crippen molar-refractivity contribution in [2.75, 3.05) is 5.73 Å². The van der Waals surface area contributed by atoms with Gasteiger partial charge in [-0.25, -0.2) is 0 Å². The summed E-state index contributed by atoms with van der Waals surface area (Å²) in [6.07, 6.45) is 0.0649. The number of carbonyl (C=O) groups is 2. The Morgan fingerprint density at radius 1 is 1.50 bits per heavy atom. The number of nitrogens with zero attached hydrogens (tertiary/aromatic N) is 1. The maximum Gasteiger partial charge on any atom is 0.270 e. The van der Waals surface area contributed by atoms with Gasteiger partial charge in [-0.3, -0.25) is 19.7 Å². The quantitative estimate of drug-likeness (QED) is 0.189. The number of anilines is 1. The summed E-state index contributed by atoms with van der Waals surface area (Å²) in [6, 6.07) is 3.36. The lowest BCUT2D eigenvalue weighted by Gasteiger charge is -1.99. The van der Waals surface area contributed by atoms with Gasteiger partial charge in [-0.1, -0.05) is 0 Å². The number of hydrogen-bond acceptors (Lipinski definition) is 5. The van der Waals surface area contributed by atoms with Crippen LogP contribution >= 0.6 is 0 Å². The molecule has 0 saturated heterocycles. The van der Waals surface area contributed by atoms with Gasteiger partial charge in [0.25, 0.3) is 5.69 Å². The molecule has 72 valence electrons. The number of Topliss-reactive ketones (excluding diaryl/α,β-unsaturated/α-hetero) is 1. The number of benzene rings is 1. The minimum atomic E-state index is -0.869. The normalized spacial score (nSPS) is 9.43. The van der Waals surface area contributed by atoms with Crippen molar-refractivity contribution in [2.45, 2.75) is 0 Å². The first-order chi connectivity index (χ1) is 6.56. The summed E-state index contributed by atoms with van der Waals surface area (Å²) in [5, 5.41) is 10.3. The predicted molar refractivity (Wildman–Crippen MR) is 47.9 cm³/mol. The number of carbonyl (C=O) groups excluding carboxylic acids is 2. The summed E-state index contributed by atoms with van der Waals surface area (Å²) in [6.45, 7) is 0. The number of nitro groups is 1. The van der Waals surface area contributed by atoms with E-state index in [9.17, 15) is 19.7 Å². The molecule has 0 spiro atoms. The Morgan fingerprint density at radius 2 is 2.14 bits per heavy atom. The van der Waals surface area contributed by atoms with Crippen molar-refractivity contribution in [2.24, 2.45) is 0 Å². The van der Waals surface area contributed by atoms with Crippen molar-refractivity contribution in [3.63, 3.8) is 0 Å². The molecule has 1 aromatic rings. The lowest BCUT2D eigenvalue weighted by molar-refractivity contribution is -0.384. The van der Waals surface area contributed by atoms with Crippen LogP contribution in [-0.2, 0) is 4.79 Å². The van der Waals surface area contributed by atoms with Crippen LogP contribution in [0.15, 0.2) is 18.2 Å². The molecule has 0 atom stereocenters. The fourth-order valence-electron chi connectivity index (χ4n) is 0.935. The molecule has 0 unspecified atom stereocenters. The van der Waals surface area contributed by atoms with Gasteiger partial charge in [0, 0.05) is 17.8 Å². The molecular weight excluding hydrogens is 188 g/mol. The molecule has 0 bridgehead atoms. The minimum absolute atomic E-state index is 0.0488. The molecule has 0 fully saturated rings. The van der Waals surface area contributed by atoms with Crippen molar-refractivity contribution >= 4 is 23.4 Å². The average molecular weight is 194 g/mol. The lowest BCUT2D eigenvalue weighted by Crippen LogP contribution is -2.05. The molecule has 1 aromatic carbocycles. The second-order valence-electron chi connectivity index (χ2n) is 2.51. The van der Waals surface area contributed by atoms with E-state index in [1.807, 2.05) is 0 Å². The van der Waals surface area contributed by atoms with Crippen LogP contribution in [0.1, 0.15) is 10.4 Å². The minimum Gasteiger partial charge on any atom is -0.398 e. The third-order valence-corrected chi connectivity index (χ3v) is 1.62. The van der Waals surface area contributed by atoms with Gasteiger partial charge >= 0.3 is 0 Å². The van der Waals surface area contributed by atoms with E-state index in [4.69, 9.17) is 5.73 Å². The Labute approximate surface area is 78.5 Å². The summed E-state index contributed by atoms with van der Waals surface area (Å²) in [5.41, 5.74) is 4.99. The first-order valence-corrected chi connectivity index (χ1v) is 3.59. The molecule has 0 heterocycles. The van der Waals surface area contributed by atoms with Gasteiger partial charge in [0.15, 0.2) is 6.29 Å². The van der Waals surface area contributed by atoms with Crippen LogP contribution in [0.3, 0.4) is 0 Å². The van der Waals surface area contributed by atoms with Crippen LogP contribution < -0.4 is 5.73 Å². The van der Waals surface area contributed by atoms with Crippen LogP contribution in [0.5, 0.6) is 0 Å². The lowest BCUT2D eigenvalue weighted by atomic mass is 10.1. The zero-order valence-corrected chi connectivity index (χ0v) is 6.97. The van der Waals surface area contributed by atoms with Crippen molar-refractivity contribution in [3.05, 3.63) is 33.9 Å². The smallest absolute Gasteiger partial charge is 0.270 e. The van der Waals surface area contributed by atoms with E-state index < -0.39 is 10.7 Å². The standard InChI is InChI=1S/C8H6N2O4/c9-7-2-1-5(10(13)14)3-6(7)8(12)4-11/h1-4H,9H2. The van der Waals surface area contributed by atoms with Gasteiger partial charge in [0.1, 0.15) is 0 Å². The van der Waals surface area contributed by atoms with Gasteiger partial charge in [-0.15, -0.1) is 0 Å². The first-order valence-electron chi connectivity index (χ1n) is 3.59. The Bertz CT molecular complexity index is 414. The summed E-state index contributed by atoms with van der Waals surface area (Å²) in [7, 11) is 0. The summed E-state index contributed by atoms with van der Waals surface area (Å²) < 4.78 is 0. The number of rotatable bonds is 3. The molecule has 2 N–H and O–H groups in total. The van der Waals surface area contributed by atoms with Crippen molar-refractivity contribution in [1.29, 1.82) is 0 Å². The number of nitrogen functional groups attached to an aromatic ring is 1. The molecule has 0 aliphatic carbocycles. The van der Waals surface area contributed by atoms with Crippen LogP contribution in [0.2, 0.25) is 0 Å². The maximum absolute atomic E-state index is 10.9. The fraction of sp³-hybridized carbons (Fsp3) is 0. The number of aldehydes is 1. The number of nitro benzene ring substituents is 1. The van der Waals surface area contributed by atoms with Crippen LogP contribution in [-0.4, -0.2) is 17.0 Å². The van der Waals surface area contributed by atoms with Crippen LogP contribution in [0.25, 0.3) is 0 Å². The van der Waals surface area contributed by atoms with E-state index in [2.05, 4.69) is 0 Å². The predicted octanol–water partition coefficient (Wildman–Crippen LogP) is 0.559. The van der Waals surface area contributed by atoms with Gasteiger partial charge in [0.2, 0.25) is 5.78 Å². The summed E-state index contributed by atoms with van der Waals surface area (Å²) in [5.74, 6) is -0.869. The van der Waals surface area contributed by atoms with E-state index in [-0.39, 0.29) is 23.2 Å². The number of non-ortho nitro benzene ring substituents is 1. The molecule has 0 aliphatic rings. The Balaban J connectivity index is 3.28. The fourth-order valence-corrected chi connectivity index (χ4v) is 0.935.